The Kier molecular flexibility index (Phi) is 5.27. The topological polar surface area (TPSA) is 55.6 Å². The van der Waals surface area contributed by atoms with Crippen LogP contribution >= 0.6 is 0 Å². The minimum absolute atomic E-state index is 0.208. The highest BCUT2D eigenvalue weighted by Crippen LogP contribution is 2.39. The van der Waals surface area contributed by atoms with Gasteiger partial charge in [-0.3, -0.25) is 0 Å². The lowest BCUT2D eigenvalue weighted by Crippen LogP contribution is -2.46. The zero-order valence-electron chi connectivity index (χ0n) is 17.0. The number of rotatable bonds is 5. The maximum absolute atomic E-state index is 4.55. The van der Waals surface area contributed by atoms with Gasteiger partial charge in [0.1, 0.15) is 0 Å². The number of aryl methyl sites for hydroxylation is 2. The summed E-state index contributed by atoms with van der Waals surface area (Å²) in [6, 6.07) is 16.9. The lowest BCUT2D eigenvalue weighted by Gasteiger charge is -2.39. The van der Waals surface area contributed by atoms with E-state index in [0.717, 1.165) is 36.8 Å². The number of tetrazole rings is 1. The molecular weight excluding hydrogens is 346 g/mol. The van der Waals surface area contributed by atoms with E-state index in [1.807, 2.05) is 4.68 Å². The Morgan fingerprint density at radius 1 is 1.00 bits per heavy atom. The fourth-order valence-electron chi connectivity index (χ4n) is 4.38. The molecule has 146 valence electrons. The van der Waals surface area contributed by atoms with Gasteiger partial charge >= 0.3 is 0 Å². The van der Waals surface area contributed by atoms with Gasteiger partial charge in [-0.25, -0.2) is 0 Å². The molecule has 1 aliphatic carbocycles. The van der Waals surface area contributed by atoms with Crippen molar-refractivity contribution in [2.45, 2.75) is 58.5 Å². The third kappa shape index (κ3) is 3.59. The second-order valence-electron chi connectivity index (χ2n) is 8.26. The first-order valence-electron chi connectivity index (χ1n) is 10.2. The van der Waals surface area contributed by atoms with Gasteiger partial charge in [-0.1, -0.05) is 55.5 Å². The van der Waals surface area contributed by atoms with Crippen LogP contribution in [0, 0.1) is 19.8 Å². The SMILES string of the molecule is Cc1cccc(C)c1-n1nnnc1C1(NCc2ccccc2)CCC(C)CC1. The van der Waals surface area contributed by atoms with E-state index in [4.69, 9.17) is 0 Å². The Balaban J connectivity index is 1.73. The minimum atomic E-state index is -0.208. The van der Waals surface area contributed by atoms with Gasteiger partial charge in [-0.15, -0.1) is 5.10 Å². The number of aromatic nitrogens is 4. The quantitative estimate of drug-likeness (QED) is 0.715. The average Bonchev–Trinajstić information content (AvgIpc) is 3.19. The Labute approximate surface area is 167 Å². The minimum Gasteiger partial charge on any atom is -0.301 e. The third-order valence-corrected chi connectivity index (χ3v) is 6.15. The summed E-state index contributed by atoms with van der Waals surface area (Å²) in [5.41, 5.74) is 4.56. The molecule has 0 radical (unpaired) electrons. The monoisotopic (exact) mass is 375 g/mol. The summed E-state index contributed by atoms with van der Waals surface area (Å²) in [6.45, 7) is 7.41. The van der Waals surface area contributed by atoms with Crippen molar-refractivity contribution in [2.75, 3.05) is 0 Å². The summed E-state index contributed by atoms with van der Waals surface area (Å²) in [6.07, 6.45) is 4.46. The molecule has 5 nitrogen and oxygen atoms in total. The molecule has 3 aromatic rings. The second-order valence-corrected chi connectivity index (χ2v) is 8.26. The van der Waals surface area contributed by atoms with Crippen molar-refractivity contribution in [3.8, 4) is 5.69 Å². The maximum atomic E-state index is 4.55. The molecule has 1 fully saturated rings. The number of para-hydroxylation sites is 1. The predicted octanol–water partition coefficient (Wildman–Crippen LogP) is 4.47. The molecule has 0 unspecified atom stereocenters. The number of nitrogens with zero attached hydrogens (tertiary/aromatic N) is 4. The first-order chi connectivity index (χ1) is 13.6. The molecule has 0 spiro atoms. The van der Waals surface area contributed by atoms with Gasteiger partial charge in [0.05, 0.1) is 11.2 Å². The van der Waals surface area contributed by atoms with Crippen molar-refractivity contribution in [2.24, 2.45) is 5.92 Å². The van der Waals surface area contributed by atoms with Crippen LogP contribution in [0.5, 0.6) is 0 Å². The van der Waals surface area contributed by atoms with Crippen LogP contribution in [0.3, 0.4) is 0 Å². The van der Waals surface area contributed by atoms with Crippen LogP contribution in [0.2, 0.25) is 0 Å². The van der Waals surface area contributed by atoms with Gasteiger partial charge in [-0.05, 0) is 72.6 Å². The molecular formula is C23H29N5. The molecule has 2 aromatic carbocycles. The van der Waals surface area contributed by atoms with Gasteiger partial charge in [0, 0.05) is 6.54 Å². The van der Waals surface area contributed by atoms with Crippen LogP contribution in [-0.2, 0) is 12.1 Å². The van der Waals surface area contributed by atoms with E-state index in [2.05, 4.69) is 90.1 Å². The van der Waals surface area contributed by atoms with Crippen LogP contribution in [0.25, 0.3) is 5.69 Å². The second kappa shape index (κ2) is 7.84. The highest BCUT2D eigenvalue weighted by atomic mass is 15.6. The highest BCUT2D eigenvalue weighted by molar-refractivity contribution is 5.47. The molecule has 1 heterocycles. The summed E-state index contributed by atoms with van der Waals surface area (Å²) in [4.78, 5) is 0. The van der Waals surface area contributed by atoms with Crippen LogP contribution in [-0.4, -0.2) is 20.2 Å². The Hall–Kier alpha value is -2.53. The molecule has 1 aliphatic rings. The fourth-order valence-corrected chi connectivity index (χ4v) is 4.38. The lowest BCUT2D eigenvalue weighted by molar-refractivity contribution is 0.180. The summed E-state index contributed by atoms with van der Waals surface area (Å²) in [7, 11) is 0. The molecule has 0 amide bonds. The van der Waals surface area contributed by atoms with Gasteiger partial charge in [0.25, 0.3) is 0 Å². The zero-order chi connectivity index (χ0) is 19.6. The van der Waals surface area contributed by atoms with E-state index in [-0.39, 0.29) is 5.54 Å². The standard InChI is InChI=1S/C23H29N5/c1-17-12-14-23(15-13-17,24-16-20-10-5-4-6-11-20)22-25-26-27-28(22)21-18(2)8-7-9-19(21)3/h4-11,17,24H,12-16H2,1-3H3. The molecule has 1 N–H and O–H groups in total. The number of hydrogen-bond donors (Lipinski definition) is 1. The molecule has 0 bridgehead atoms. The zero-order valence-corrected chi connectivity index (χ0v) is 17.0. The van der Waals surface area contributed by atoms with Gasteiger partial charge in [-0.2, -0.15) is 4.68 Å². The average molecular weight is 376 g/mol. The van der Waals surface area contributed by atoms with E-state index in [9.17, 15) is 0 Å². The smallest absolute Gasteiger partial charge is 0.176 e. The first-order valence-corrected chi connectivity index (χ1v) is 10.2. The summed E-state index contributed by atoms with van der Waals surface area (Å²) in [5.74, 6) is 1.68. The molecule has 1 aromatic heterocycles. The van der Waals surface area contributed by atoms with Gasteiger partial charge < -0.3 is 5.32 Å². The largest absolute Gasteiger partial charge is 0.301 e. The lowest BCUT2D eigenvalue weighted by atomic mass is 9.76. The summed E-state index contributed by atoms with van der Waals surface area (Å²) >= 11 is 0. The van der Waals surface area contributed by atoms with Crippen molar-refractivity contribution in [3.63, 3.8) is 0 Å². The first kappa shape index (κ1) is 18.8. The van der Waals surface area contributed by atoms with E-state index in [1.165, 1.54) is 29.5 Å². The molecule has 4 rings (SSSR count). The van der Waals surface area contributed by atoms with E-state index >= 15 is 0 Å². The van der Waals surface area contributed by atoms with E-state index in [1.54, 1.807) is 0 Å². The summed E-state index contributed by atoms with van der Waals surface area (Å²) in [5, 5.41) is 16.9. The van der Waals surface area contributed by atoms with Gasteiger partial charge in [0.15, 0.2) is 5.82 Å². The van der Waals surface area contributed by atoms with Gasteiger partial charge in [0.2, 0.25) is 0 Å². The molecule has 28 heavy (non-hydrogen) atoms. The van der Waals surface area contributed by atoms with E-state index < -0.39 is 0 Å². The number of benzene rings is 2. The molecule has 0 atom stereocenters. The maximum Gasteiger partial charge on any atom is 0.176 e. The Morgan fingerprint density at radius 2 is 1.68 bits per heavy atom. The fraction of sp³-hybridized carbons (Fsp3) is 0.435. The highest BCUT2D eigenvalue weighted by Gasteiger charge is 2.40. The van der Waals surface area contributed by atoms with Crippen LogP contribution in [0.4, 0.5) is 0 Å². The molecule has 0 saturated heterocycles. The van der Waals surface area contributed by atoms with E-state index in [0.29, 0.717) is 0 Å². The third-order valence-electron chi connectivity index (χ3n) is 6.15. The predicted molar refractivity (Wildman–Crippen MR) is 111 cm³/mol. The Bertz CT molecular complexity index is 903. The van der Waals surface area contributed by atoms with Crippen molar-refractivity contribution in [1.82, 2.24) is 25.5 Å². The van der Waals surface area contributed by atoms with Crippen LogP contribution < -0.4 is 5.32 Å². The molecule has 1 saturated carbocycles. The number of nitrogens with one attached hydrogen (secondary N) is 1. The van der Waals surface area contributed by atoms with Crippen molar-refractivity contribution in [3.05, 3.63) is 71.0 Å². The Morgan fingerprint density at radius 3 is 2.36 bits per heavy atom. The van der Waals surface area contributed by atoms with Crippen molar-refractivity contribution in [1.29, 1.82) is 0 Å². The number of hydrogen-bond acceptors (Lipinski definition) is 4. The van der Waals surface area contributed by atoms with Crippen LogP contribution in [0.15, 0.2) is 48.5 Å². The summed E-state index contributed by atoms with van der Waals surface area (Å²) < 4.78 is 1.97. The van der Waals surface area contributed by atoms with Crippen LogP contribution in [0.1, 0.15) is 55.1 Å². The molecule has 0 aliphatic heterocycles. The van der Waals surface area contributed by atoms with Crippen molar-refractivity contribution >= 4 is 0 Å². The van der Waals surface area contributed by atoms with Crippen molar-refractivity contribution < 1.29 is 0 Å². The normalized spacial score (nSPS) is 22.3. The molecule has 5 heteroatoms.